The van der Waals surface area contributed by atoms with Crippen LogP contribution in [0.15, 0.2) is 42.5 Å². The first-order valence-electron chi connectivity index (χ1n) is 9.51. The summed E-state index contributed by atoms with van der Waals surface area (Å²) >= 11 is 0. The van der Waals surface area contributed by atoms with Crippen molar-refractivity contribution in [3.63, 3.8) is 0 Å². The van der Waals surface area contributed by atoms with Crippen molar-refractivity contribution in [3.05, 3.63) is 48.0 Å². The lowest BCUT2D eigenvalue weighted by molar-refractivity contribution is -0.0431. The predicted molar refractivity (Wildman–Crippen MR) is 104 cm³/mol. The molecule has 5 heteroatoms. The van der Waals surface area contributed by atoms with Crippen LogP contribution in [-0.2, 0) is 16.0 Å². The molecule has 140 valence electrons. The molecule has 1 unspecified atom stereocenters. The molecule has 27 heavy (non-hydrogen) atoms. The molecule has 0 radical (unpaired) electrons. The highest BCUT2D eigenvalue weighted by Gasteiger charge is 2.33. The molecule has 5 nitrogen and oxygen atoms in total. The maximum absolute atomic E-state index is 6.43. The van der Waals surface area contributed by atoms with Gasteiger partial charge in [-0.2, -0.15) is 0 Å². The minimum absolute atomic E-state index is 0.000595. The van der Waals surface area contributed by atoms with E-state index in [1.807, 2.05) is 18.2 Å². The number of rotatable bonds is 1. The first-order valence-corrected chi connectivity index (χ1v) is 9.51. The van der Waals surface area contributed by atoms with Crippen LogP contribution in [-0.4, -0.2) is 28.9 Å². The summed E-state index contributed by atoms with van der Waals surface area (Å²) in [6.07, 6.45) is -0.294. The van der Waals surface area contributed by atoms with Crippen LogP contribution in [0.3, 0.4) is 0 Å². The molecule has 2 aromatic carbocycles. The van der Waals surface area contributed by atoms with Gasteiger partial charge in [0.25, 0.3) is 0 Å². The van der Waals surface area contributed by atoms with Gasteiger partial charge in [0.1, 0.15) is 17.7 Å². The number of nitrogens with zero attached hydrogens (tertiary/aromatic N) is 2. The van der Waals surface area contributed by atoms with E-state index < -0.39 is 0 Å². The monoisotopic (exact) mass is 364 g/mol. The zero-order valence-corrected chi connectivity index (χ0v) is 15.9. The number of benzene rings is 2. The SMILES string of the molecule is CC(C)(C)C1Cn2c(nc3c(C4OCCO4)cccc32)-c2ccccc2O1. The molecule has 5 rings (SSSR count). The largest absolute Gasteiger partial charge is 0.487 e. The van der Waals surface area contributed by atoms with Crippen LogP contribution in [0.25, 0.3) is 22.4 Å². The summed E-state index contributed by atoms with van der Waals surface area (Å²) in [5, 5.41) is 0. The topological polar surface area (TPSA) is 45.5 Å². The Morgan fingerprint density at radius 1 is 1.00 bits per heavy atom. The number of imidazole rings is 1. The van der Waals surface area contributed by atoms with Crippen molar-refractivity contribution in [2.75, 3.05) is 13.2 Å². The number of para-hydroxylation sites is 2. The quantitative estimate of drug-likeness (QED) is 0.635. The van der Waals surface area contributed by atoms with Crippen LogP contribution in [0.5, 0.6) is 5.75 Å². The molecule has 2 aliphatic rings. The standard InChI is InChI=1S/C22H24N2O3/c1-22(2,3)18-13-24-16-9-6-8-15(21-25-11-12-26-21)19(16)23-20(24)14-7-4-5-10-17(14)27-18/h4-10,18,21H,11-13H2,1-3H3. The Morgan fingerprint density at radius 3 is 2.56 bits per heavy atom. The second-order valence-corrected chi connectivity index (χ2v) is 8.30. The Bertz CT molecular complexity index is 996. The van der Waals surface area contributed by atoms with E-state index in [9.17, 15) is 0 Å². The molecule has 0 saturated carbocycles. The first kappa shape index (κ1) is 16.8. The zero-order chi connectivity index (χ0) is 18.6. The maximum atomic E-state index is 6.43. The number of ether oxygens (including phenoxy) is 3. The fourth-order valence-electron chi connectivity index (χ4n) is 3.85. The summed E-state index contributed by atoms with van der Waals surface area (Å²) < 4.78 is 20.2. The van der Waals surface area contributed by atoms with Gasteiger partial charge in [0, 0.05) is 11.0 Å². The first-order chi connectivity index (χ1) is 13.0. The summed E-state index contributed by atoms with van der Waals surface area (Å²) in [7, 11) is 0. The fraction of sp³-hybridized carbons (Fsp3) is 0.409. The van der Waals surface area contributed by atoms with Crippen LogP contribution in [0.4, 0.5) is 0 Å². The molecule has 3 heterocycles. The van der Waals surface area contributed by atoms with Crippen molar-refractivity contribution in [2.24, 2.45) is 5.41 Å². The second kappa shape index (κ2) is 6.08. The van der Waals surface area contributed by atoms with Gasteiger partial charge >= 0.3 is 0 Å². The van der Waals surface area contributed by atoms with E-state index in [1.165, 1.54) is 0 Å². The lowest BCUT2D eigenvalue weighted by Crippen LogP contribution is -2.35. The fourth-order valence-corrected chi connectivity index (χ4v) is 3.85. The van der Waals surface area contributed by atoms with Crippen LogP contribution in [0, 0.1) is 5.41 Å². The average Bonchev–Trinajstić information content (AvgIpc) is 3.26. The van der Waals surface area contributed by atoms with Crippen LogP contribution in [0.1, 0.15) is 32.6 Å². The molecule has 1 fully saturated rings. The molecule has 0 bridgehead atoms. The minimum atomic E-state index is -0.335. The highest BCUT2D eigenvalue weighted by Crippen LogP contribution is 2.40. The third-order valence-corrected chi connectivity index (χ3v) is 5.40. The number of fused-ring (bicyclic) bond motifs is 5. The van der Waals surface area contributed by atoms with Crippen molar-refractivity contribution in [2.45, 2.75) is 39.7 Å². The molecule has 3 aromatic rings. The Labute approximate surface area is 158 Å². The van der Waals surface area contributed by atoms with E-state index in [1.54, 1.807) is 0 Å². The molecule has 0 aliphatic carbocycles. The summed E-state index contributed by atoms with van der Waals surface area (Å²) in [4.78, 5) is 5.04. The summed E-state index contributed by atoms with van der Waals surface area (Å²) in [5.41, 5.74) is 4.07. The Hall–Kier alpha value is -2.37. The van der Waals surface area contributed by atoms with E-state index in [4.69, 9.17) is 19.2 Å². The number of aromatic nitrogens is 2. The normalized spacial score (nSPS) is 20.2. The molecule has 0 N–H and O–H groups in total. The maximum Gasteiger partial charge on any atom is 0.186 e. The summed E-state index contributed by atoms with van der Waals surface area (Å²) in [6.45, 7) is 8.65. The van der Waals surface area contributed by atoms with Gasteiger partial charge in [0.05, 0.1) is 36.4 Å². The molecule has 1 atom stereocenters. The van der Waals surface area contributed by atoms with E-state index in [0.717, 1.165) is 40.3 Å². The van der Waals surface area contributed by atoms with Crippen molar-refractivity contribution in [3.8, 4) is 17.1 Å². The third kappa shape index (κ3) is 2.73. The Morgan fingerprint density at radius 2 is 1.78 bits per heavy atom. The van der Waals surface area contributed by atoms with Gasteiger partial charge in [0.15, 0.2) is 6.29 Å². The van der Waals surface area contributed by atoms with Crippen molar-refractivity contribution in [1.29, 1.82) is 0 Å². The van der Waals surface area contributed by atoms with Gasteiger partial charge in [-0.1, -0.05) is 45.0 Å². The smallest absolute Gasteiger partial charge is 0.186 e. The molecule has 1 aromatic heterocycles. The van der Waals surface area contributed by atoms with E-state index in [-0.39, 0.29) is 17.8 Å². The predicted octanol–water partition coefficient (Wildman–Crippen LogP) is 4.56. The molecule has 0 amide bonds. The lowest BCUT2D eigenvalue weighted by Gasteiger charge is -2.30. The molecule has 1 saturated heterocycles. The van der Waals surface area contributed by atoms with Gasteiger partial charge in [0.2, 0.25) is 0 Å². The number of hydrogen-bond donors (Lipinski definition) is 0. The molecular formula is C22H24N2O3. The third-order valence-electron chi connectivity index (χ3n) is 5.40. The van der Waals surface area contributed by atoms with Crippen LogP contribution < -0.4 is 4.74 Å². The van der Waals surface area contributed by atoms with Crippen LogP contribution in [0.2, 0.25) is 0 Å². The highest BCUT2D eigenvalue weighted by molar-refractivity contribution is 5.85. The summed E-state index contributed by atoms with van der Waals surface area (Å²) in [6, 6.07) is 14.4. The zero-order valence-electron chi connectivity index (χ0n) is 15.9. The molecule has 0 spiro atoms. The average molecular weight is 364 g/mol. The Balaban J connectivity index is 1.75. The van der Waals surface area contributed by atoms with Gasteiger partial charge in [-0.15, -0.1) is 0 Å². The van der Waals surface area contributed by atoms with Gasteiger partial charge < -0.3 is 18.8 Å². The second-order valence-electron chi connectivity index (χ2n) is 8.30. The van der Waals surface area contributed by atoms with Gasteiger partial charge in [-0.3, -0.25) is 0 Å². The van der Waals surface area contributed by atoms with Gasteiger partial charge in [-0.25, -0.2) is 4.98 Å². The van der Waals surface area contributed by atoms with Crippen molar-refractivity contribution >= 4 is 11.0 Å². The molecule has 2 aliphatic heterocycles. The summed E-state index contributed by atoms with van der Waals surface area (Å²) in [5.74, 6) is 1.83. The van der Waals surface area contributed by atoms with Crippen molar-refractivity contribution in [1.82, 2.24) is 9.55 Å². The molecular weight excluding hydrogens is 340 g/mol. The minimum Gasteiger partial charge on any atom is -0.487 e. The van der Waals surface area contributed by atoms with E-state index in [2.05, 4.69) is 49.6 Å². The Kier molecular flexibility index (Phi) is 3.78. The van der Waals surface area contributed by atoms with E-state index in [0.29, 0.717) is 13.2 Å². The lowest BCUT2D eigenvalue weighted by atomic mass is 9.89. The van der Waals surface area contributed by atoms with Gasteiger partial charge in [-0.05, 0) is 18.2 Å². The van der Waals surface area contributed by atoms with E-state index >= 15 is 0 Å². The van der Waals surface area contributed by atoms with Crippen molar-refractivity contribution < 1.29 is 14.2 Å². The van der Waals surface area contributed by atoms with Crippen LogP contribution >= 0.6 is 0 Å². The number of hydrogen-bond acceptors (Lipinski definition) is 4. The highest BCUT2D eigenvalue weighted by atomic mass is 16.7.